The lowest BCUT2D eigenvalue weighted by atomic mass is 10.4. The topological polar surface area (TPSA) is 46.0 Å². The molecule has 1 saturated carbocycles. The lowest BCUT2D eigenvalue weighted by Gasteiger charge is -1.92. The molecule has 1 heterocycles. The highest BCUT2D eigenvalue weighted by atomic mass is 32.2. The molecule has 0 saturated heterocycles. The van der Waals surface area contributed by atoms with Crippen LogP contribution in [0.15, 0.2) is 4.34 Å². The minimum absolute atomic E-state index is 0.265. The Kier molecular flexibility index (Phi) is 3.18. The van der Waals surface area contributed by atoms with E-state index in [4.69, 9.17) is 5.11 Å². The lowest BCUT2D eigenvalue weighted by Crippen LogP contribution is -1.85. The standard InChI is InChI=1S/C8H12N2OS2/c11-4-1-5-12-8-9-7(10-13-8)6-2-3-6/h6,11H,1-5H2. The molecule has 1 aromatic heterocycles. The van der Waals surface area contributed by atoms with Gasteiger partial charge in [-0.25, -0.2) is 4.98 Å². The fourth-order valence-corrected chi connectivity index (χ4v) is 2.68. The Morgan fingerprint density at radius 2 is 2.38 bits per heavy atom. The molecule has 72 valence electrons. The predicted molar refractivity (Wildman–Crippen MR) is 54.3 cm³/mol. The van der Waals surface area contributed by atoms with Gasteiger partial charge >= 0.3 is 0 Å². The summed E-state index contributed by atoms with van der Waals surface area (Å²) in [6, 6.07) is 0. The van der Waals surface area contributed by atoms with Gasteiger partial charge in [-0.15, -0.1) is 0 Å². The average molecular weight is 216 g/mol. The number of hydrogen-bond acceptors (Lipinski definition) is 5. The summed E-state index contributed by atoms with van der Waals surface area (Å²) < 4.78 is 5.36. The third-order valence-electron chi connectivity index (χ3n) is 1.89. The maximum atomic E-state index is 8.60. The molecular weight excluding hydrogens is 204 g/mol. The minimum Gasteiger partial charge on any atom is -0.396 e. The molecule has 2 rings (SSSR count). The normalized spacial score (nSPS) is 16.4. The Bertz CT molecular complexity index is 273. The lowest BCUT2D eigenvalue weighted by molar-refractivity contribution is 0.296. The highest BCUT2D eigenvalue weighted by Crippen LogP contribution is 2.39. The van der Waals surface area contributed by atoms with Gasteiger partial charge in [0, 0.05) is 18.3 Å². The summed E-state index contributed by atoms with van der Waals surface area (Å²) in [6.45, 7) is 0.265. The van der Waals surface area contributed by atoms with Crippen LogP contribution < -0.4 is 0 Å². The third kappa shape index (κ3) is 2.65. The zero-order valence-electron chi connectivity index (χ0n) is 7.27. The van der Waals surface area contributed by atoms with E-state index >= 15 is 0 Å². The molecule has 0 radical (unpaired) electrons. The minimum atomic E-state index is 0.265. The molecule has 1 aliphatic rings. The van der Waals surface area contributed by atoms with Gasteiger partial charge in [-0.1, -0.05) is 11.8 Å². The second kappa shape index (κ2) is 4.39. The maximum Gasteiger partial charge on any atom is 0.170 e. The highest BCUT2D eigenvalue weighted by Gasteiger charge is 2.27. The molecule has 0 unspecified atom stereocenters. The van der Waals surface area contributed by atoms with Gasteiger partial charge < -0.3 is 5.11 Å². The number of rotatable bonds is 5. The van der Waals surface area contributed by atoms with Gasteiger partial charge in [-0.05, 0) is 30.8 Å². The molecule has 13 heavy (non-hydrogen) atoms. The second-order valence-corrected chi connectivity index (χ2v) is 5.21. The number of hydrogen-bond donors (Lipinski definition) is 1. The van der Waals surface area contributed by atoms with Crippen molar-refractivity contribution in [3.8, 4) is 0 Å². The van der Waals surface area contributed by atoms with Crippen LogP contribution in [0.1, 0.15) is 31.0 Å². The fraction of sp³-hybridized carbons (Fsp3) is 0.750. The van der Waals surface area contributed by atoms with Crippen molar-refractivity contribution >= 4 is 23.3 Å². The Labute approximate surface area is 85.8 Å². The quantitative estimate of drug-likeness (QED) is 0.603. The molecule has 1 aliphatic carbocycles. The predicted octanol–water partition coefficient (Wildman–Crippen LogP) is 1.89. The van der Waals surface area contributed by atoms with Crippen molar-refractivity contribution < 1.29 is 5.11 Å². The van der Waals surface area contributed by atoms with Crippen molar-refractivity contribution in [1.82, 2.24) is 9.36 Å². The van der Waals surface area contributed by atoms with E-state index in [2.05, 4.69) is 9.36 Å². The van der Waals surface area contributed by atoms with E-state index in [1.165, 1.54) is 24.4 Å². The summed E-state index contributed by atoms with van der Waals surface area (Å²) in [7, 11) is 0. The van der Waals surface area contributed by atoms with Crippen molar-refractivity contribution in [2.24, 2.45) is 0 Å². The van der Waals surface area contributed by atoms with Crippen molar-refractivity contribution in [3.05, 3.63) is 5.82 Å². The van der Waals surface area contributed by atoms with E-state index < -0.39 is 0 Å². The fourth-order valence-electron chi connectivity index (χ4n) is 1.01. The van der Waals surface area contributed by atoms with Crippen molar-refractivity contribution in [1.29, 1.82) is 0 Å². The Balaban J connectivity index is 1.82. The van der Waals surface area contributed by atoms with Crippen LogP contribution >= 0.6 is 23.3 Å². The molecule has 0 spiro atoms. The Morgan fingerprint density at radius 1 is 1.54 bits per heavy atom. The van der Waals surface area contributed by atoms with Gasteiger partial charge in [0.15, 0.2) is 4.34 Å². The molecule has 1 fully saturated rings. The van der Waals surface area contributed by atoms with E-state index in [-0.39, 0.29) is 6.61 Å². The highest BCUT2D eigenvalue weighted by molar-refractivity contribution is 8.00. The van der Waals surface area contributed by atoms with Crippen LogP contribution in [0.25, 0.3) is 0 Å². The molecular formula is C8H12N2OS2. The molecule has 0 bridgehead atoms. The van der Waals surface area contributed by atoms with Gasteiger partial charge in [-0.3, -0.25) is 0 Å². The molecule has 0 aliphatic heterocycles. The Hall–Kier alpha value is -0.130. The second-order valence-electron chi connectivity index (χ2n) is 3.12. The SMILES string of the molecule is OCCCSc1nc(C2CC2)ns1. The molecule has 3 nitrogen and oxygen atoms in total. The third-order valence-corrected chi connectivity index (χ3v) is 3.83. The largest absolute Gasteiger partial charge is 0.396 e. The molecule has 0 aromatic carbocycles. The summed E-state index contributed by atoms with van der Waals surface area (Å²) in [5.41, 5.74) is 0. The molecule has 0 atom stereocenters. The summed E-state index contributed by atoms with van der Waals surface area (Å²) in [5, 5.41) is 8.60. The van der Waals surface area contributed by atoms with Crippen LogP contribution in [0.2, 0.25) is 0 Å². The Morgan fingerprint density at radius 3 is 3.08 bits per heavy atom. The van der Waals surface area contributed by atoms with Crippen molar-refractivity contribution in [3.63, 3.8) is 0 Å². The summed E-state index contributed by atoms with van der Waals surface area (Å²) >= 11 is 3.18. The van der Waals surface area contributed by atoms with Crippen molar-refractivity contribution in [2.45, 2.75) is 29.5 Å². The van der Waals surface area contributed by atoms with Gasteiger partial charge in [0.25, 0.3) is 0 Å². The maximum absolute atomic E-state index is 8.60. The number of thioether (sulfide) groups is 1. The van der Waals surface area contributed by atoms with E-state index in [1.807, 2.05) is 0 Å². The number of aromatic nitrogens is 2. The van der Waals surface area contributed by atoms with Crippen LogP contribution in [0.5, 0.6) is 0 Å². The first-order chi connectivity index (χ1) is 6.40. The van der Waals surface area contributed by atoms with Gasteiger partial charge in [0.05, 0.1) is 0 Å². The first-order valence-corrected chi connectivity index (χ1v) is 6.23. The van der Waals surface area contributed by atoms with E-state index in [9.17, 15) is 0 Å². The van der Waals surface area contributed by atoms with Crippen molar-refractivity contribution in [2.75, 3.05) is 12.4 Å². The zero-order valence-corrected chi connectivity index (χ0v) is 8.90. The number of nitrogens with zero attached hydrogens (tertiary/aromatic N) is 2. The van der Waals surface area contributed by atoms with E-state index in [0.717, 1.165) is 22.3 Å². The first kappa shape index (κ1) is 9.43. The smallest absolute Gasteiger partial charge is 0.170 e. The first-order valence-electron chi connectivity index (χ1n) is 4.47. The molecule has 1 aromatic rings. The monoisotopic (exact) mass is 216 g/mol. The van der Waals surface area contributed by atoms with Crippen LogP contribution in [0, 0.1) is 0 Å². The molecule has 5 heteroatoms. The summed E-state index contributed by atoms with van der Waals surface area (Å²) in [4.78, 5) is 4.43. The molecule has 0 amide bonds. The van der Waals surface area contributed by atoms with E-state index in [0.29, 0.717) is 5.92 Å². The average Bonchev–Trinajstić information content (AvgIpc) is 2.88. The molecule has 1 N–H and O–H groups in total. The zero-order chi connectivity index (χ0) is 9.10. The van der Waals surface area contributed by atoms with Crippen LogP contribution in [0.4, 0.5) is 0 Å². The van der Waals surface area contributed by atoms with E-state index in [1.54, 1.807) is 11.8 Å². The summed E-state index contributed by atoms with van der Waals surface area (Å²) in [5.74, 6) is 2.63. The van der Waals surface area contributed by atoms with Crippen LogP contribution in [-0.4, -0.2) is 26.8 Å². The number of aliphatic hydroxyl groups is 1. The van der Waals surface area contributed by atoms with Crippen LogP contribution in [-0.2, 0) is 0 Å². The van der Waals surface area contributed by atoms with Gasteiger partial charge in [0.2, 0.25) is 0 Å². The number of aliphatic hydroxyl groups excluding tert-OH is 1. The summed E-state index contributed by atoms with van der Waals surface area (Å²) in [6.07, 6.45) is 3.36. The van der Waals surface area contributed by atoms with Gasteiger partial charge in [0.1, 0.15) is 5.82 Å². The van der Waals surface area contributed by atoms with Gasteiger partial charge in [-0.2, -0.15) is 4.37 Å². The van der Waals surface area contributed by atoms with Crippen LogP contribution in [0.3, 0.4) is 0 Å².